The maximum absolute atomic E-state index is 13.4. The number of fused-ring (bicyclic) bond motifs is 2. The normalized spacial score (nSPS) is 17.1. The fraction of sp³-hybridized carbons (Fsp3) is 0.483. The fourth-order valence-electron chi connectivity index (χ4n) is 5.21. The summed E-state index contributed by atoms with van der Waals surface area (Å²) in [6, 6.07) is 3.78. The Kier molecular flexibility index (Phi) is 6.98. The number of carbonyl (C=O) groups excluding carboxylic acids is 2. The van der Waals surface area contributed by atoms with Crippen LogP contribution in [0, 0.1) is 0 Å². The van der Waals surface area contributed by atoms with Gasteiger partial charge in [-0.3, -0.25) is 4.79 Å². The minimum absolute atomic E-state index is 0.0463. The molecule has 1 N–H and O–H groups in total. The van der Waals surface area contributed by atoms with Crippen LogP contribution < -0.4 is 15.5 Å². The SMILES string of the molecule is CCOC(=O)c1cn(C2CC2)c2c(OC)c(-c3csc4c3CCCC4NC(=O)OC(C)(C)C)ccc2c1=O. The number of nitrogens with zero attached hydrogens (tertiary/aromatic N) is 1. The van der Waals surface area contributed by atoms with E-state index in [9.17, 15) is 14.4 Å². The molecule has 2 aliphatic carbocycles. The first kappa shape index (κ1) is 26.3. The van der Waals surface area contributed by atoms with Crippen LogP contribution >= 0.6 is 11.3 Å². The van der Waals surface area contributed by atoms with E-state index in [1.807, 2.05) is 31.4 Å². The predicted molar refractivity (Wildman–Crippen MR) is 147 cm³/mol. The molecular weight excluding hydrogens is 504 g/mol. The molecule has 5 rings (SSSR count). The smallest absolute Gasteiger partial charge is 0.408 e. The Hall–Kier alpha value is -3.33. The largest absolute Gasteiger partial charge is 0.494 e. The summed E-state index contributed by atoms with van der Waals surface area (Å²) in [4.78, 5) is 39.5. The summed E-state index contributed by atoms with van der Waals surface area (Å²) >= 11 is 1.62. The van der Waals surface area contributed by atoms with E-state index in [1.54, 1.807) is 37.6 Å². The highest BCUT2D eigenvalue weighted by atomic mass is 32.1. The molecule has 202 valence electrons. The van der Waals surface area contributed by atoms with Crippen molar-refractivity contribution in [3.05, 3.63) is 49.9 Å². The minimum Gasteiger partial charge on any atom is -0.494 e. The number of esters is 1. The van der Waals surface area contributed by atoms with E-state index in [4.69, 9.17) is 14.2 Å². The molecule has 0 radical (unpaired) electrons. The third-order valence-electron chi connectivity index (χ3n) is 6.93. The first-order chi connectivity index (χ1) is 18.1. The van der Waals surface area contributed by atoms with E-state index < -0.39 is 17.7 Å². The lowest BCUT2D eigenvalue weighted by Crippen LogP contribution is -2.35. The highest BCUT2D eigenvalue weighted by Gasteiger charge is 2.32. The highest BCUT2D eigenvalue weighted by molar-refractivity contribution is 7.10. The molecule has 0 aliphatic heterocycles. The molecule has 2 heterocycles. The van der Waals surface area contributed by atoms with E-state index >= 15 is 0 Å². The van der Waals surface area contributed by atoms with Gasteiger partial charge in [-0.05, 0) is 88.4 Å². The number of methoxy groups -OCH3 is 1. The fourth-order valence-corrected chi connectivity index (χ4v) is 6.42. The van der Waals surface area contributed by atoms with Crippen LogP contribution in [-0.2, 0) is 15.9 Å². The number of carbonyl (C=O) groups is 2. The Morgan fingerprint density at radius 3 is 2.58 bits per heavy atom. The molecule has 1 atom stereocenters. The van der Waals surface area contributed by atoms with Gasteiger partial charge in [-0.15, -0.1) is 11.3 Å². The van der Waals surface area contributed by atoms with Crippen molar-refractivity contribution >= 4 is 34.3 Å². The number of hydrogen-bond acceptors (Lipinski definition) is 7. The van der Waals surface area contributed by atoms with Gasteiger partial charge >= 0.3 is 12.1 Å². The van der Waals surface area contributed by atoms with Gasteiger partial charge < -0.3 is 24.1 Å². The van der Waals surface area contributed by atoms with Gasteiger partial charge in [0.05, 0.1) is 30.7 Å². The number of amides is 1. The number of nitrogens with one attached hydrogen (secondary N) is 1. The number of hydrogen-bond donors (Lipinski definition) is 1. The number of alkyl carbamates (subject to hydrolysis) is 1. The Bertz CT molecular complexity index is 1460. The van der Waals surface area contributed by atoms with Gasteiger partial charge in [0.25, 0.3) is 0 Å². The topological polar surface area (TPSA) is 95.9 Å². The summed E-state index contributed by atoms with van der Waals surface area (Å²) in [5, 5.41) is 5.60. The van der Waals surface area contributed by atoms with E-state index in [2.05, 4.69) is 10.7 Å². The molecule has 2 aliphatic rings. The van der Waals surface area contributed by atoms with Crippen LogP contribution in [0.4, 0.5) is 4.79 Å². The molecule has 1 fully saturated rings. The molecular formula is C29H34N2O6S. The van der Waals surface area contributed by atoms with E-state index in [-0.39, 0.29) is 29.7 Å². The van der Waals surface area contributed by atoms with Crippen LogP contribution in [0.2, 0.25) is 0 Å². The van der Waals surface area contributed by atoms with Crippen LogP contribution in [0.25, 0.3) is 22.0 Å². The van der Waals surface area contributed by atoms with Gasteiger partial charge in [-0.2, -0.15) is 0 Å². The highest BCUT2D eigenvalue weighted by Crippen LogP contribution is 2.47. The predicted octanol–water partition coefficient (Wildman–Crippen LogP) is 6.15. The van der Waals surface area contributed by atoms with Crippen molar-refractivity contribution in [3.63, 3.8) is 0 Å². The average molecular weight is 539 g/mol. The van der Waals surface area contributed by atoms with Crippen LogP contribution in [0.1, 0.15) is 86.3 Å². The molecule has 9 heteroatoms. The standard InChI is InChI=1S/C29H34N2O6S/c1-6-36-27(33)20-14-31(16-10-11-16)23-19(24(20)32)13-12-17(25(23)35-5)21-15-38-26-18(21)8-7-9-22(26)30-28(34)37-29(2,3)4/h12-16,22H,6-11H2,1-5H3,(H,30,34). The maximum atomic E-state index is 13.4. The molecule has 38 heavy (non-hydrogen) atoms. The Morgan fingerprint density at radius 2 is 1.92 bits per heavy atom. The van der Waals surface area contributed by atoms with Crippen molar-refractivity contribution in [2.75, 3.05) is 13.7 Å². The van der Waals surface area contributed by atoms with Gasteiger partial charge in [0.1, 0.15) is 11.2 Å². The monoisotopic (exact) mass is 538 g/mol. The quantitative estimate of drug-likeness (QED) is 0.378. The van der Waals surface area contributed by atoms with E-state index in [0.717, 1.165) is 48.1 Å². The Labute approximate surface area is 225 Å². The second kappa shape index (κ2) is 10.1. The molecule has 8 nitrogen and oxygen atoms in total. The number of ether oxygens (including phenoxy) is 3. The van der Waals surface area contributed by atoms with Crippen LogP contribution in [0.3, 0.4) is 0 Å². The van der Waals surface area contributed by atoms with Crippen molar-refractivity contribution in [1.82, 2.24) is 9.88 Å². The molecule has 2 aromatic heterocycles. The van der Waals surface area contributed by atoms with Gasteiger partial charge in [0, 0.05) is 22.7 Å². The summed E-state index contributed by atoms with van der Waals surface area (Å²) in [5.41, 5.74) is 2.95. The van der Waals surface area contributed by atoms with Crippen molar-refractivity contribution in [1.29, 1.82) is 0 Å². The second-order valence-electron chi connectivity index (χ2n) is 10.9. The molecule has 0 spiro atoms. The third-order valence-corrected chi connectivity index (χ3v) is 8.07. The second-order valence-corrected chi connectivity index (χ2v) is 11.8. The molecule has 3 aromatic rings. The molecule has 1 aromatic carbocycles. The van der Waals surface area contributed by atoms with Crippen molar-refractivity contribution in [2.45, 2.75) is 77.5 Å². The summed E-state index contributed by atoms with van der Waals surface area (Å²) in [6.45, 7) is 7.49. The Balaban J connectivity index is 1.60. The number of rotatable bonds is 6. The first-order valence-corrected chi connectivity index (χ1v) is 14.0. The molecule has 1 unspecified atom stereocenters. The van der Waals surface area contributed by atoms with Crippen molar-refractivity contribution < 1.29 is 23.8 Å². The average Bonchev–Trinajstić information content (AvgIpc) is 3.61. The summed E-state index contributed by atoms with van der Waals surface area (Å²) in [6.07, 6.45) is 5.83. The Morgan fingerprint density at radius 1 is 1.16 bits per heavy atom. The van der Waals surface area contributed by atoms with Gasteiger partial charge in [0.2, 0.25) is 5.43 Å². The lowest BCUT2D eigenvalue weighted by atomic mass is 9.89. The zero-order valence-electron chi connectivity index (χ0n) is 22.5. The van der Waals surface area contributed by atoms with Gasteiger partial charge in [-0.25, -0.2) is 9.59 Å². The maximum Gasteiger partial charge on any atom is 0.408 e. The molecule has 1 saturated carbocycles. The lowest BCUT2D eigenvalue weighted by Gasteiger charge is -2.27. The third kappa shape index (κ3) is 4.91. The summed E-state index contributed by atoms with van der Waals surface area (Å²) in [5.74, 6) is 0.0111. The van der Waals surface area contributed by atoms with Crippen LogP contribution in [0.15, 0.2) is 28.5 Å². The minimum atomic E-state index is -0.604. The van der Waals surface area contributed by atoms with Crippen LogP contribution in [0.5, 0.6) is 5.75 Å². The first-order valence-electron chi connectivity index (χ1n) is 13.2. The molecule has 0 saturated heterocycles. The van der Waals surface area contributed by atoms with Gasteiger partial charge in [0.15, 0.2) is 5.75 Å². The zero-order valence-corrected chi connectivity index (χ0v) is 23.3. The number of thiophene rings is 1. The number of benzene rings is 1. The van der Waals surface area contributed by atoms with E-state index in [1.165, 1.54) is 5.56 Å². The molecule has 1 amide bonds. The van der Waals surface area contributed by atoms with Crippen molar-refractivity contribution in [3.8, 4) is 16.9 Å². The summed E-state index contributed by atoms with van der Waals surface area (Å²) < 4.78 is 18.6. The zero-order chi connectivity index (χ0) is 27.2. The lowest BCUT2D eigenvalue weighted by molar-refractivity contribution is 0.0496. The van der Waals surface area contributed by atoms with Crippen molar-refractivity contribution in [2.24, 2.45) is 0 Å². The number of pyridine rings is 1. The summed E-state index contributed by atoms with van der Waals surface area (Å²) in [7, 11) is 1.62. The number of aromatic nitrogens is 1. The molecule has 0 bridgehead atoms. The van der Waals surface area contributed by atoms with E-state index in [0.29, 0.717) is 16.7 Å². The van der Waals surface area contributed by atoms with Crippen LogP contribution in [-0.4, -0.2) is 35.9 Å². The van der Waals surface area contributed by atoms with Gasteiger partial charge in [-0.1, -0.05) is 0 Å².